The van der Waals surface area contributed by atoms with E-state index in [0.29, 0.717) is 37.7 Å². The largest absolute Gasteiger partial charge is 0.490 e. The minimum atomic E-state index is -5.08. The van der Waals surface area contributed by atoms with Crippen LogP contribution in [0.4, 0.5) is 46.9 Å². The number of H-pyrrole nitrogens is 1. The number of urea groups is 1. The third kappa shape index (κ3) is 14.1. The van der Waals surface area contributed by atoms with Gasteiger partial charge in [0.25, 0.3) is 6.47 Å². The van der Waals surface area contributed by atoms with Crippen LogP contribution >= 0.6 is 11.6 Å². The number of aromatic nitrogens is 1. The van der Waals surface area contributed by atoms with Crippen molar-refractivity contribution >= 4 is 58.3 Å². The van der Waals surface area contributed by atoms with Gasteiger partial charge < -0.3 is 40.1 Å². The van der Waals surface area contributed by atoms with Gasteiger partial charge in [-0.15, -0.1) is 0 Å². The molecule has 0 saturated carbocycles. The topological polar surface area (TPSA) is 150 Å². The van der Waals surface area contributed by atoms with Gasteiger partial charge in [0.15, 0.2) is 0 Å². The number of amides is 3. The molecule has 1 saturated heterocycles. The van der Waals surface area contributed by atoms with E-state index >= 15 is 0 Å². The predicted molar refractivity (Wildman–Crippen MR) is 208 cm³/mol. The zero-order valence-corrected chi connectivity index (χ0v) is 32.9. The van der Waals surface area contributed by atoms with Gasteiger partial charge in [0.05, 0.1) is 0 Å². The first-order chi connectivity index (χ1) is 27.8. The summed E-state index contributed by atoms with van der Waals surface area (Å²) in [5.74, 6) is -3.27. The summed E-state index contributed by atoms with van der Waals surface area (Å²) in [5, 5.41) is 18.9. The van der Waals surface area contributed by atoms with Crippen LogP contribution in [-0.2, 0) is 20.8 Å². The number of hydrogen-bond acceptors (Lipinski definition) is 6. The molecular weight excluding hydrogens is 817 g/mol. The van der Waals surface area contributed by atoms with Gasteiger partial charge in [-0.05, 0) is 86.1 Å². The summed E-state index contributed by atoms with van der Waals surface area (Å²) in [5.41, 5.74) is 4.77. The van der Waals surface area contributed by atoms with Crippen LogP contribution in [0.25, 0.3) is 10.9 Å². The summed E-state index contributed by atoms with van der Waals surface area (Å²) in [7, 11) is 4.08. The Morgan fingerprint density at radius 2 is 1.58 bits per heavy atom. The molecule has 3 amide bonds. The Balaban J connectivity index is 0.000000576. The third-order valence-electron chi connectivity index (χ3n) is 9.33. The lowest BCUT2D eigenvalue weighted by molar-refractivity contribution is -0.192. The number of benzene rings is 3. The zero-order chi connectivity index (χ0) is 44.0. The Kier molecular flexibility index (Phi) is 17.8. The number of anilines is 2. The first-order valence-corrected chi connectivity index (χ1v) is 18.3. The van der Waals surface area contributed by atoms with Crippen molar-refractivity contribution in [1.82, 2.24) is 20.1 Å². The van der Waals surface area contributed by atoms with Crippen LogP contribution in [-0.4, -0.2) is 122 Å². The molecule has 4 aromatic rings. The van der Waals surface area contributed by atoms with Crippen molar-refractivity contribution in [2.45, 2.75) is 38.2 Å². The summed E-state index contributed by atoms with van der Waals surface area (Å²) in [4.78, 5) is 57.1. The molecule has 12 nitrogen and oxygen atoms in total. The maximum Gasteiger partial charge on any atom is 0.490 e. The fourth-order valence-corrected chi connectivity index (χ4v) is 7.02. The minimum absolute atomic E-state index is 0.141. The number of carbonyl (C=O) groups is 4. The SMILES string of the molecule is CC(c1c[nH]c2ccccc12)C(NC(=O)N1CCN(c2ccc(F)cc2)CC1)C(=O)N1C[C@@H](CN(C)C)Cc2cc(Cl)ccc21.FC(F)F.O=C(O)C(F)(F)F.O=CO. The fourth-order valence-electron chi connectivity index (χ4n) is 6.82. The number of aromatic amines is 1. The maximum atomic E-state index is 14.7. The molecule has 2 aliphatic rings. The van der Waals surface area contributed by atoms with Crippen LogP contribution in [0.5, 0.6) is 0 Å². The average Bonchev–Trinajstić information content (AvgIpc) is 3.60. The Morgan fingerprint density at radius 3 is 2.14 bits per heavy atom. The summed E-state index contributed by atoms with van der Waals surface area (Å²) in [6.07, 6.45) is -2.31. The second-order valence-electron chi connectivity index (χ2n) is 13.7. The van der Waals surface area contributed by atoms with E-state index in [9.17, 15) is 40.3 Å². The quantitative estimate of drug-likeness (QED) is 0.112. The number of alkyl halides is 6. The monoisotopic (exact) mass is 860 g/mol. The van der Waals surface area contributed by atoms with Crippen molar-refractivity contribution in [3.63, 3.8) is 0 Å². The van der Waals surface area contributed by atoms with E-state index in [0.717, 1.165) is 46.4 Å². The van der Waals surface area contributed by atoms with Crippen molar-refractivity contribution < 1.29 is 60.1 Å². The molecule has 0 radical (unpaired) electrons. The van der Waals surface area contributed by atoms with Crippen LogP contribution in [0.2, 0.25) is 5.02 Å². The van der Waals surface area contributed by atoms with Gasteiger partial charge in [0.2, 0.25) is 5.91 Å². The van der Waals surface area contributed by atoms with E-state index in [2.05, 4.69) is 20.1 Å². The van der Waals surface area contributed by atoms with Crippen LogP contribution in [0.3, 0.4) is 0 Å². The number of carboxylic acids is 1. The molecule has 3 atom stereocenters. The number of para-hydroxylation sites is 1. The van der Waals surface area contributed by atoms with E-state index in [4.69, 9.17) is 31.4 Å². The lowest BCUT2D eigenvalue weighted by Crippen LogP contribution is -2.58. The van der Waals surface area contributed by atoms with Gasteiger partial charge in [-0.1, -0.05) is 36.7 Å². The van der Waals surface area contributed by atoms with Crippen LogP contribution in [0.15, 0.2) is 72.9 Å². The lowest BCUT2D eigenvalue weighted by atomic mass is 9.88. The van der Waals surface area contributed by atoms with Crippen LogP contribution in [0, 0.1) is 11.7 Å². The number of hydrogen-bond donors (Lipinski definition) is 4. The second kappa shape index (κ2) is 22.0. The van der Waals surface area contributed by atoms with Gasteiger partial charge in [-0.2, -0.15) is 26.3 Å². The number of carboxylic acid groups (broad SMARTS) is 2. The molecule has 2 aliphatic heterocycles. The van der Waals surface area contributed by atoms with E-state index < -0.39 is 24.9 Å². The Labute approximate surface area is 340 Å². The average molecular weight is 861 g/mol. The first-order valence-electron chi connectivity index (χ1n) is 17.9. The standard InChI is InChI=1S/C35H40ClFN6O2.C2HF3O2.CHF3.CH2O2/c1-23(30-20-38-31-7-5-4-6-29(30)31)33(39-35(45)42-16-14-41(15-17-42)28-11-9-27(37)10-12-28)34(44)43-22-24(21-40(2)3)18-25-19-26(36)8-13-32(25)43;3-2(4,5)1(6)7;2-1(3)4;2-1-3/h4-13,19-20,23-24,33,38H,14-18,21-22H2,1-3H3,(H,39,45);(H,6,7);1H;1H,(H,2,3)/t23?,24-,33?;;;/m1.../s1. The van der Waals surface area contributed by atoms with Crippen molar-refractivity contribution in [2.24, 2.45) is 5.92 Å². The molecule has 1 aromatic heterocycles. The molecule has 0 aliphatic carbocycles. The number of nitrogens with one attached hydrogen (secondary N) is 2. The van der Waals surface area contributed by atoms with Gasteiger partial charge in [0, 0.05) is 78.7 Å². The number of piperazine rings is 1. The summed E-state index contributed by atoms with van der Waals surface area (Å²) < 4.78 is 74.2. The highest BCUT2D eigenvalue weighted by Crippen LogP contribution is 2.35. The maximum absolute atomic E-state index is 14.7. The molecular formula is C39H44ClF7N6O6. The fraction of sp³-hybridized carbons (Fsp3) is 0.385. The summed E-state index contributed by atoms with van der Waals surface area (Å²) in [6, 6.07) is 19.1. The molecule has 3 aromatic carbocycles. The Morgan fingerprint density at radius 1 is 1.00 bits per heavy atom. The van der Waals surface area contributed by atoms with Crippen LogP contribution in [0.1, 0.15) is 24.0 Å². The van der Waals surface area contributed by atoms with E-state index in [-0.39, 0.29) is 36.1 Å². The summed E-state index contributed by atoms with van der Waals surface area (Å²) in [6.45, 7) is 1.67. The molecule has 3 heterocycles. The Hall–Kier alpha value is -5.56. The zero-order valence-electron chi connectivity index (χ0n) is 32.1. The molecule has 0 bridgehead atoms. The number of rotatable bonds is 7. The number of aliphatic carboxylic acids is 1. The molecule has 1 fully saturated rings. The number of carbonyl (C=O) groups excluding carboxylic acids is 2. The van der Waals surface area contributed by atoms with Gasteiger partial charge >= 0.3 is 24.9 Å². The van der Waals surface area contributed by atoms with Crippen molar-refractivity contribution in [3.05, 3.63) is 94.9 Å². The highest BCUT2D eigenvalue weighted by atomic mass is 35.5. The first kappa shape index (κ1) is 47.8. The third-order valence-corrected chi connectivity index (χ3v) is 9.56. The van der Waals surface area contributed by atoms with E-state index in [1.807, 2.05) is 74.6 Å². The molecule has 6 rings (SSSR count). The smallest absolute Gasteiger partial charge is 0.483 e. The molecule has 0 spiro atoms. The lowest BCUT2D eigenvalue weighted by Gasteiger charge is -2.40. The second-order valence-corrected chi connectivity index (χ2v) is 14.1. The molecule has 4 N–H and O–H groups in total. The van der Waals surface area contributed by atoms with Crippen molar-refractivity contribution in [1.29, 1.82) is 0 Å². The number of nitrogens with zero attached hydrogens (tertiary/aromatic N) is 4. The highest BCUT2D eigenvalue weighted by Gasteiger charge is 2.39. The van der Waals surface area contributed by atoms with Gasteiger partial charge in [-0.3, -0.25) is 9.59 Å². The van der Waals surface area contributed by atoms with E-state index in [1.165, 1.54) is 12.1 Å². The van der Waals surface area contributed by atoms with Gasteiger partial charge in [-0.25, -0.2) is 14.0 Å². The molecule has 59 heavy (non-hydrogen) atoms. The summed E-state index contributed by atoms with van der Waals surface area (Å²) >= 11 is 6.40. The van der Waals surface area contributed by atoms with E-state index in [1.54, 1.807) is 17.0 Å². The molecule has 20 heteroatoms. The molecule has 322 valence electrons. The normalized spacial score (nSPS) is 16.0. The minimum Gasteiger partial charge on any atom is -0.483 e. The van der Waals surface area contributed by atoms with Gasteiger partial charge in [0.1, 0.15) is 11.9 Å². The highest BCUT2D eigenvalue weighted by molar-refractivity contribution is 6.30. The van der Waals surface area contributed by atoms with Crippen LogP contribution < -0.4 is 15.1 Å². The number of halogens is 8. The van der Waals surface area contributed by atoms with Crippen molar-refractivity contribution in [3.8, 4) is 0 Å². The Bertz CT molecular complexity index is 1990. The molecule has 2 unspecified atom stereocenters. The predicted octanol–water partition coefficient (Wildman–Crippen LogP) is 7.24. The van der Waals surface area contributed by atoms with Crippen molar-refractivity contribution in [2.75, 3.05) is 63.2 Å². The number of fused-ring (bicyclic) bond motifs is 2.